The van der Waals surface area contributed by atoms with Crippen LogP contribution in [0.1, 0.15) is 5.56 Å². The van der Waals surface area contributed by atoms with Gasteiger partial charge in [-0.1, -0.05) is 23.7 Å². The molecule has 0 bridgehead atoms. The monoisotopic (exact) mass is 225 g/mol. The summed E-state index contributed by atoms with van der Waals surface area (Å²) in [6, 6.07) is 5.27. The van der Waals surface area contributed by atoms with Crippen LogP contribution in [-0.2, 0) is 20.1 Å². The molecule has 1 saturated heterocycles. The van der Waals surface area contributed by atoms with E-state index in [4.69, 9.17) is 21.1 Å². The summed E-state index contributed by atoms with van der Waals surface area (Å²) in [6.45, 7) is 0.832. The summed E-state index contributed by atoms with van der Waals surface area (Å²) >= 11 is 5.97. The minimum absolute atomic E-state index is 0.303. The van der Waals surface area contributed by atoms with E-state index < -0.39 is 5.79 Å². The Morgan fingerprint density at radius 1 is 1.33 bits per heavy atom. The highest BCUT2D eigenvalue weighted by atomic mass is 35.5. The highest BCUT2D eigenvalue weighted by Gasteiger charge is 2.52. The number of anilines is 1. The number of fused-ring (bicyclic) bond motifs is 2. The topological polar surface area (TPSA) is 47.6 Å². The fourth-order valence-corrected chi connectivity index (χ4v) is 2.16. The summed E-state index contributed by atoms with van der Waals surface area (Å²) in [5.74, 6) is -1.57. The Bertz CT molecular complexity index is 440. The maximum atomic E-state index is 11.8. The van der Waals surface area contributed by atoms with Gasteiger partial charge in [0, 0.05) is 5.56 Å². The van der Waals surface area contributed by atoms with Gasteiger partial charge in [-0.05, 0) is 6.07 Å². The van der Waals surface area contributed by atoms with Gasteiger partial charge >= 0.3 is 0 Å². The van der Waals surface area contributed by atoms with Crippen molar-refractivity contribution in [3.05, 3.63) is 28.8 Å². The van der Waals surface area contributed by atoms with Crippen molar-refractivity contribution in [3.63, 3.8) is 0 Å². The number of rotatable bonds is 0. The lowest BCUT2D eigenvalue weighted by Gasteiger charge is -2.18. The molecule has 0 aromatic heterocycles. The highest BCUT2D eigenvalue weighted by molar-refractivity contribution is 6.34. The van der Waals surface area contributed by atoms with Crippen molar-refractivity contribution in [2.75, 3.05) is 18.5 Å². The van der Waals surface area contributed by atoms with Crippen molar-refractivity contribution < 1.29 is 14.3 Å². The molecule has 15 heavy (non-hydrogen) atoms. The molecule has 5 heteroatoms. The van der Waals surface area contributed by atoms with Crippen LogP contribution in [0.25, 0.3) is 0 Å². The van der Waals surface area contributed by atoms with Crippen molar-refractivity contribution in [2.24, 2.45) is 0 Å². The van der Waals surface area contributed by atoms with Crippen LogP contribution in [0.5, 0.6) is 0 Å². The molecule has 1 fully saturated rings. The average molecular weight is 226 g/mol. The summed E-state index contributed by atoms with van der Waals surface area (Å²) < 4.78 is 10.8. The van der Waals surface area contributed by atoms with Crippen molar-refractivity contribution in [3.8, 4) is 0 Å². The predicted octanol–water partition coefficient (Wildman–Crippen LogP) is 1.49. The molecular weight excluding hydrogens is 218 g/mol. The van der Waals surface area contributed by atoms with E-state index in [0.29, 0.717) is 29.5 Å². The van der Waals surface area contributed by atoms with Crippen molar-refractivity contribution >= 4 is 23.2 Å². The molecule has 1 aromatic carbocycles. The molecule has 4 nitrogen and oxygen atoms in total. The Morgan fingerprint density at radius 3 is 2.80 bits per heavy atom. The van der Waals surface area contributed by atoms with Crippen molar-refractivity contribution in [1.29, 1.82) is 0 Å². The molecule has 1 aromatic rings. The van der Waals surface area contributed by atoms with E-state index in [1.165, 1.54) is 0 Å². The van der Waals surface area contributed by atoms with Crippen LogP contribution < -0.4 is 5.32 Å². The van der Waals surface area contributed by atoms with Gasteiger partial charge in [0.2, 0.25) is 0 Å². The lowest BCUT2D eigenvalue weighted by Crippen LogP contribution is -2.35. The molecule has 1 spiro atoms. The number of ether oxygens (including phenoxy) is 2. The quantitative estimate of drug-likeness (QED) is 0.728. The fraction of sp³-hybridized carbons (Fsp3) is 0.300. The van der Waals surface area contributed by atoms with E-state index in [2.05, 4.69) is 5.32 Å². The summed E-state index contributed by atoms with van der Waals surface area (Å²) in [7, 11) is 0. The summed E-state index contributed by atoms with van der Waals surface area (Å²) in [5.41, 5.74) is 1.25. The Labute approximate surface area is 91.1 Å². The molecule has 3 rings (SSSR count). The second kappa shape index (κ2) is 2.95. The third kappa shape index (κ3) is 1.07. The maximum absolute atomic E-state index is 11.8. The lowest BCUT2D eigenvalue weighted by atomic mass is 10.1. The Balaban J connectivity index is 2.21. The Hall–Kier alpha value is -1.10. The van der Waals surface area contributed by atoms with Crippen LogP contribution in [0.2, 0.25) is 5.02 Å². The van der Waals surface area contributed by atoms with E-state index in [-0.39, 0.29) is 5.91 Å². The zero-order valence-electron chi connectivity index (χ0n) is 7.75. The van der Waals surface area contributed by atoms with E-state index >= 15 is 0 Å². The zero-order valence-corrected chi connectivity index (χ0v) is 8.50. The molecule has 0 unspecified atom stereocenters. The third-order valence-electron chi connectivity index (χ3n) is 2.60. The Morgan fingerprint density at radius 2 is 2.07 bits per heavy atom. The number of hydrogen-bond acceptors (Lipinski definition) is 3. The van der Waals surface area contributed by atoms with E-state index in [1.54, 1.807) is 18.2 Å². The first-order valence-corrected chi connectivity index (χ1v) is 5.00. The van der Waals surface area contributed by atoms with Crippen molar-refractivity contribution in [1.82, 2.24) is 0 Å². The first-order valence-electron chi connectivity index (χ1n) is 4.62. The van der Waals surface area contributed by atoms with E-state index in [9.17, 15) is 4.79 Å². The second-order valence-corrected chi connectivity index (χ2v) is 3.84. The van der Waals surface area contributed by atoms with Crippen LogP contribution in [0.15, 0.2) is 18.2 Å². The number of carbonyl (C=O) groups excluding carboxylic acids is 1. The third-order valence-corrected chi connectivity index (χ3v) is 2.91. The number of benzene rings is 1. The molecule has 0 saturated carbocycles. The molecule has 0 atom stereocenters. The summed E-state index contributed by atoms with van der Waals surface area (Å²) in [4.78, 5) is 11.8. The number of hydrogen-bond donors (Lipinski definition) is 1. The van der Waals surface area contributed by atoms with Gasteiger partial charge in [0.15, 0.2) is 0 Å². The van der Waals surface area contributed by atoms with Gasteiger partial charge in [-0.15, -0.1) is 0 Å². The largest absolute Gasteiger partial charge is 0.336 e. The van der Waals surface area contributed by atoms with Gasteiger partial charge in [0.25, 0.3) is 11.7 Å². The molecular formula is C10H8ClNO3. The van der Waals surface area contributed by atoms with Crippen LogP contribution in [0.3, 0.4) is 0 Å². The second-order valence-electron chi connectivity index (χ2n) is 3.43. The van der Waals surface area contributed by atoms with Crippen LogP contribution in [0.4, 0.5) is 5.69 Å². The summed E-state index contributed by atoms with van der Waals surface area (Å²) in [5, 5.41) is 3.17. The first kappa shape index (κ1) is 9.15. The van der Waals surface area contributed by atoms with Crippen LogP contribution in [-0.4, -0.2) is 19.1 Å². The minimum atomic E-state index is -1.26. The van der Waals surface area contributed by atoms with E-state index in [1.807, 2.05) is 0 Å². The standard InChI is InChI=1S/C10H8ClNO3/c11-7-3-1-2-6-8(7)12-9(13)10(6)14-4-5-15-10/h1-3H,4-5H2,(H,12,13). The van der Waals surface area contributed by atoms with Crippen LogP contribution in [0, 0.1) is 0 Å². The maximum Gasteiger partial charge on any atom is 0.289 e. The lowest BCUT2D eigenvalue weighted by molar-refractivity contribution is -0.178. The summed E-state index contributed by atoms with van der Waals surface area (Å²) in [6.07, 6.45) is 0. The zero-order chi connectivity index (χ0) is 10.5. The number of halogens is 1. The van der Waals surface area contributed by atoms with Gasteiger partial charge in [-0.2, -0.15) is 0 Å². The molecule has 78 valence electrons. The van der Waals surface area contributed by atoms with Gasteiger partial charge < -0.3 is 14.8 Å². The molecule has 2 aliphatic rings. The normalized spacial score (nSPS) is 21.8. The molecule has 0 radical (unpaired) electrons. The molecule has 1 amide bonds. The molecule has 2 aliphatic heterocycles. The number of amides is 1. The molecule has 1 N–H and O–H groups in total. The smallest absolute Gasteiger partial charge is 0.289 e. The number of nitrogens with one attached hydrogen (secondary N) is 1. The van der Waals surface area contributed by atoms with Crippen LogP contribution >= 0.6 is 11.6 Å². The predicted molar refractivity (Wildman–Crippen MR) is 53.7 cm³/mol. The van der Waals surface area contributed by atoms with Gasteiger partial charge in [-0.25, -0.2) is 0 Å². The highest BCUT2D eigenvalue weighted by Crippen LogP contribution is 2.44. The number of para-hydroxylation sites is 1. The number of carbonyl (C=O) groups is 1. The fourth-order valence-electron chi connectivity index (χ4n) is 1.94. The van der Waals surface area contributed by atoms with Gasteiger partial charge in [-0.3, -0.25) is 4.79 Å². The van der Waals surface area contributed by atoms with Gasteiger partial charge in [0.1, 0.15) is 0 Å². The molecule has 0 aliphatic carbocycles. The average Bonchev–Trinajstić information content (AvgIpc) is 2.79. The van der Waals surface area contributed by atoms with E-state index in [0.717, 1.165) is 0 Å². The first-order chi connectivity index (χ1) is 7.24. The molecule has 2 heterocycles. The SMILES string of the molecule is O=C1Nc2c(Cl)cccc2C12OCCO2. The van der Waals surface area contributed by atoms with Crippen molar-refractivity contribution in [2.45, 2.75) is 5.79 Å². The Kier molecular flexibility index (Phi) is 1.80. The minimum Gasteiger partial charge on any atom is -0.336 e. The van der Waals surface area contributed by atoms with Gasteiger partial charge in [0.05, 0.1) is 23.9 Å².